The van der Waals surface area contributed by atoms with E-state index in [4.69, 9.17) is 4.74 Å². The Balaban J connectivity index is 1.65. The quantitative estimate of drug-likeness (QED) is 0.565. The molecule has 0 fully saturated rings. The molecule has 0 radical (unpaired) electrons. The van der Waals surface area contributed by atoms with Crippen LogP contribution in [0.3, 0.4) is 0 Å². The maximum atomic E-state index is 6.55. The maximum absolute atomic E-state index is 6.55. The highest BCUT2D eigenvalue weighted by Crippen LogP contribution is 2.50. The fourth-order valence-corrected chi connectivity index (χ4v) is 4.18. The molecule has 0 saturated heterocycles. The van der Waals surface area contributed by atoms with Crippen LogP contribution in [0.2, 0.25) is 0 Å². The Morgan fingerprint density at radius 3 is 2.59 bits per heavy atom. The molecule has 6 heteroatoms. The van der Waals surface area contributed by atoms with Crippen molar-refractivity contribution >= 4 is 11.6 Å². The van der Waals surface area contributed by atoms with Crippen LogP contribution in [0.1, 0.15) is 28.8 Å². The Bertz CT molecular complexity index is 1220. The first kappa shape index (κ1) is 16.1. The van der Waals surface area contributed by atoms with Gasteiger partial charge in [0.05, 0.1) is 5.70 Å². The zero-order chi connectivity index (χ0) is 19.2. The minimum absolute atomic E-state index is 0.170. The molecule has 0 spiro atoms. The van der Waals surface area contributed by atoms with Crippen molar-refractivity contribution in [3.63, 3.8) is 0 Å². The van der Waals surface area contributed by atoms with Crippen LogP contribution >= 0.6 is 0 Å². The SMILES string of the molecule is c1ccc([C@@H]2Oc3ccccc3C3=C2[C@@H](c2cccnc2)n2ncnc2N3)cc1. The van der Waals surface area contributed by atoms with Crippen LogP contribution in [0.4, 0.5) is 5.95 Å². The number of nitrogens with one attached hydrogen (secondary N) is 1. The Morgan fingerprint density at radius 2 is 1.72 bits per heavy atom. The van der Waals surface area contributed by atoms with Crippen molar-refractivity contribution in [2.75, 3.05) is 5.32 Å². The van der Waals surface area contributed by atoms with Crippen LogP contribution in [-0.2, 0) is 0 Å². The molecule has 140 valence electrons. The highest BCUT2D eigenvalue weighted by Gasteiger charge is 2.40. The molecule has 2 aliphatic rings. The average Bonchev–Trinajstić information content (AvgIpc) is 3.26. The number of nitrogens with zero attached hydrogens (tertiary/aromatic N) is 4. The van der Waals surface area contributed by atoms with Crippen LogP contribution in [0.5, 0.6) is 5.75 Å². The second-order valence-corrected chi connectivity index (χ2v) is 7.08. The van der Waals surface area contributed by atoms with Gasteiger partial charge in [-0.05, 0) is 29.3 Å². The molecule has 29 heavy (non-hydrogen) atoms. The Kier molecular flexibility index (Phi) is 3.49. The number of fused-ring (bicyclic) bond motifs is 3. The van der Waals surface area contributed by atoms with E-state index in [9.17, 15) is 0 Å². The van der Waals surface area contributed by atoms with E-state index in [0.717, 1.165) is 33.7 Å². The standard InChI is InChI=1S/C23H17N5O/c1-2-7-15(8-3-1)22-19-20(17-10-4-5-11-18(17)29-22)27-23-25-14-26-28(23)21(19)16-9-6-12-24-13-16/h1-14,21-22H,(H,25,26,27)/t21-,22+/m1/s1. The van der Waals surface area contributed by atoms with E-state index in [1.807, 2.05) is 53.3 Å². The van der Waals surface area contributed by atoms with Gasteiger partial charge in [0.1, 0.15) is 24.2 Å². The van der Waals surface area contributed by atoms with Crippen LogP contribution < -0.4 is 10.1 Å². The lowest BCUT2D eigenvalue weighted by molar-refractivity contribution is 0.223. The third-order valence-electron chi connectivity index (χ3n) is 5.42. The lowest BCUT2D eigenvalue weighted by Gasteiger charge is -2.38. The molecule has 4 heterocycles. The molecule has 2 aromatic carbocycles. The summed E-state index contributed by atoms with van der Waals surface area (Å²) in [6.45, 7) is 0. The molecule has 4 aromatic rings. The van der Waals surface area contributed by atoms with Crippen molar-refractivity contribution in [2.24, 2.45) is 0 Å². The number of benzene rings is 2. The van der Waals surface area contributed by atoms with Crippen molar-refractivity contribution in [1.29, 1.82) is 0 Å². The lowest BCUT2D eigenvalue weighted by Crippen LogP contribution is -2.32. The topological polar surface area (TPSA) is 64.9 Å². The highest BCUT2D eigenvalue weighted by atomic mass is 16.5. The van der Waals surface area contributed by atoms with Gasteiger partial charge in [0.2, 0.25) is 5.95 Å². The van der Waals surface area contributed by atoms with Crippen LogP contribution in [0.15, 0.2) is 91.0 Å². The Morgan fingerprint density at radius 1 is 0.897 bits per heavy atom. The van der Waals surface area contributed by atoms with Crippen molar-refractivity contribution in [3.05, 3.63) is 108 Å². The first-order valence-corrected chi connectivity index (χ1v) is 9.51. The predicted molar refractivity (Wildman–Crippen MR) is 109 cm³/mol. The number of anilines is 1. The molecule has 0 aliphatic carbocycles. The van der Waals surface area contributed by atoms with Gasteiger partial charge in [-0.2, -0.15) is 10.1 Å². The number of rotatable bonds is 2. The molecule has 2 atom stereocenters. The third-order valence-corrected chi connectivity index (χ3v) is 5.42. The molecule has 6 nitrogen and oxygen atoms in total. The number of pyridine rings is 1. The van der Waals surface area contributed by atoms with Gasteiger partial charge in [-0.15, -0.1) is 0 Å². The molecule has 0 amide bonds. The number of para-hydroxylation sites is 1. The van der Waals surface area contributed by atoms with Gasteiger partial charge >= 0.3 is 0 Å². The minimum Gasteiger partial charge on any atom is -0.480 e. The first-order valence-electron chi connectivity index (χ1n) is 9.51. The molecule has 6 rings (SSSR count). The molecular weight excluding hydrogens is 362 g/mol. The normalized spacial score (nSPS) is 19.4. The van der Waals surface area contributed by atoms with Gasteiger partial charge in [0.25, 0.3) is 0 Å². The average molecular weight is 379 g/mol. The van der Waals surface area contributed by atoms with Gasteiger partial charge in [-0.1, -0.05) is 48.5 Å². The van der Waals surface area contributed by atoms with Gasteiger partial charge in [0.15, 0.2) is 0 Å². The number of hydrogen-bond acceptors (Lipinski definition) is 5. The summed E-state index contributed by atoms with van der Waals surface area (Å²) in [6, 6.07) is 22.2. The van der Waals surface area contributed by atoms with E-state index >= 15 is 0 Å². The van der Waals surface area contributed by atoms with E-state index in [-0.39, 0.29) is 12.1 Å². The summed E-state index contributed by atoms with van der Waals surface area (Å²) in [5.41, 5.74) is 5.28. The molecule has 1 N–H and O–H groups in total. The van der Waals surface area contributed by atoms with E-state index in [1.54, 1.807) is 12.5 Å². The van der Waals surface area contributed by atoms with Crippen LogP contribution in [0.25, 0.3) is 5.70 Å². The second kappa shape index (κ2) is 6.31. The van der Waals surface area contributed by atoms with E-state index < -0.39 is 0 Å². The lowest BCUT2D eigenvalue weighted by atomic mass is 9.85. The molecule has 0 bridgehead atoms. The van der Waals surface area contributed by atoms with Gasteiger partial charge in [-0.25, -0.2) is 4.68 Å². The zero-order valence-corrected chi connectivity index (χ0v) is 15.4. The Hall–Kier alpha value is -3.93. The molecule has 2 aromatic heterocycles. The van der Waals surface area contributed by atoms with Crippen LogP contribution in [-0.4, -0.2) is 19.7 Å². The summed E-state index contributed by atoms with van der Waals surface area (Å²) >= 11 is 0. The molecule has 0 saturated carbocycles. The van der Waals surface area contributed by atoms with Gasteiger partial charge in [0, 0.05) is 23.5 Å². The fourth-order valence-electron chi connectivity index (χ4n) is 4.18. The van der Waals surface area contributed by atoms with E-state index in [1.165, 1.54) is 0 Å². The summed E-state index contributed by atoms with van der Waals surface area (Å²) in [7, 11) is 0. The predicted octanol–water partition coefficient (Wildman–Crippen LogP) is 4.23. The number of ether oxygens (including phenoxy) is 1. The summed E-state index contributed by atoms with van der Waals surface area (Å²) in [5.74, 6) is 1.56. The minimum atomic E-state index is -0.254. The van der Waals surface area contributed by atoms with Crippen molar-refractivity contribution in [1.82, 2.24) is 19.7 Å². The number of hydrogen-bond donors (Lipinski definition) is 1. The Labute approximate surface area is 167 Å². The first-order chi connectivity index (χ1) is 14.4. The molecule has 0 unspecified atom stereocenters. The van der Waals surface area contributed by atoms with E-state index in [2.05, 4.69) is 44.6 Å². The van der Waals surface area contributed by atoms with Crippen molar-refractivity contribution < 1.29 is 4.74 Å². The number of aromatic nitrogens is 4. The molecule has 2 aliphatic heterocycles. The molecular formula is C23H17N5O. The van der Waals surface area contributed by atoms with Crippen LogP contribution in [0, 0.1) is 0 Å². The summed E-state index contributed by atoms with van der Waals surface area (Å²) in [6.07, 6.45) is 4.99. The highest BCUT2D eigenvalue weighted by molar-refractivity contribution is 5.85. The van der Waals surface area contributed by atoms with E-state index in [0.29, 0.717) is 5.95 Å². The maximum Gasteiger partial charge on any atom is 0.226 e. The smallest absolute Gasteiger partial charge is 0.226 e. The van der Waals surface area contributed by atoms with Gasteiger partial charge in [-0.3, -0.25) is 4.98 Å². The van der Waals surface area contributed by atoms with Gasteiger partial charge < -0.3 is 10.1 Å². The second-order valence-electron chi connectivity index (χ2n) is 7.08. The summed E-state index contributed by atoms with van der Waals surface area (Å²) in [5, 5.41) is 8.02. The summed E-state index contributed by atoms with van der Waals surface area (Å²) < 4.78 is 8.46. The summed E-state index contributed by atoms with van der Waals surface area (Å²) in [4.78, 5) is 8.79. The van der Waals surface area contributed by atoms with Crippen molar-refractivity contribution in [2.45, 2.75) is 12.1 Å². The van der Waals surface area contributed by atoms with Crippen molar-refractivity contribution in [3.8, 4) is 5.75 Å². The fraction of sp³-hybridized carbons (Fsp3) is 0.0870. The largest absolute Gasteiger partial charge is 0.480 e. The zero-order valence-electron chi connectivity index (χ0n) is 15.4. The monoisotopic (exact) mass is 379 g/mol. The third kappa shape index (κ3) is 2.46.